The van der Waals surface area contributed by atoms with Gasteiger partial charge >= 0.3 is 12.1 Å². The number of nitrogens with zero attached hydrogens (tertiary/aromatic N) is 1. The monoisotopic (exact) mass is 290 g/mol. The van der Waals surface area contributed by atoms with E-state index in [1.807, 2.05) is 6.92 Å². The Hall–Kier alpha value is -1.79. The number of rotatable bonds is 7. The first kappa shape index (κ1) is 16.3. The van der Waals surface area contributed by atoms with Gasteiger partial charge in [-0.2, -0.15) is 13.2 Å². The molecule has 1 aromatic rings. The van der Waals surface area contributed by atoms with Gasteiger partial charge < -0.3 is 10.4 Å². The lowest BCUT2D eigenvalue weighted by Gasteiger charge is -2.12. The summed E-state index contributed by atoms with van der Waals surface area (Å²) in [5.74, 6) is -1.54. The van der Waals surface area contributed by atoms with E-state index in [1.165, 1.54) is 0 Å². The predicted octanol–water partition coefficient (Wildman–Crippen LogP) is 3.79. The van der Waals surface area contributed by atoms with E-state index in [-0.39, 0.29) is 11.4 Å². The van der Waals surface area contributed by atoms with Gasteiger partial charge in [0.05, 0.1) is 0 Å². The van der Waals surface area contributed by atoms with E-state index in [1.54, 1.807) is 0 Å². The van der Waals surface area contributed by atoms with Crippen LogP contribution in [0.5, 0.6) is 0 Å². The summed E-state index contributed by atoms with van der Waals surface area (Å²) in [5, 5.41) is 11.6. The van der Waals surface area contributed by atoms with Gasteiger partial charge in [-0.3, -0.25) is 0 Å². The average Bonchev–Trinajstić information content (AvgIpc) is 2.37. The van der Waals surface area contributed by atoms with Crippen molar-refractivity contribution < 1.29 is 23.1 Å². The summed E-state index contributed by atoms with van der Waals surface area (Å²) in [7, 11) is 0. The Kier molecular flexibility index (Phi) is 5.79. The molecule has 0 atom stereocenters. The van der Waals surface area contributed by atoms with Gasteiger partial charge in [-0.15, -0.1) is 0 Å². The van der Waals surface area contributed by atoms with Gasteiger partial charge in [0.25, 0.3) is 0 Å². The van der Waals surface area contributed by atoms with Crippen molar-refractivity contribution in [2.75, 3.05) is 11.9 Å². The van der Waals surface area contributed by atoms with Crippen molar-refractivity contribution in [3.63, 3.8) is 0 Å². The third-order valence-electron chi connectivity index (χ3n) is 2.74. The Morgan fingerprint density at radius 3 is 2.55 bits per heavy atom. The van der Waals surface area contributed by atoms with Crippen LogP contribution in [0.25, 0.3) is 0 Å². The molecule has 0 fully saturated rings. The number of nitrogens with one attached hydrogen (secondary N) is 1. The number of halogens is 3. The Labute approximate surface area is 115 Å². The summed E-state index contributed by atoms with van der Waals surface area (Å²) in [6, 6.07) is 1.60. The summed E-state index contributed by atoms with van der Waals surface area (Å²) in [4.78, 5) is 14.3. The molecule has 0 saturated heterocycles. The Morgan fingerprint density at radius 2 is 2.00 bits per heavy atom. The fourth-order valence-corrected chi connectivity index (χ4v) is 1.68. The van der Waals surface area contributed by atoms with Crippen LogP contribution in [0.1, 0.15) is 48.7 Å². The van der Waals surface area contributed by atoms with Gasteiger partial charge in [0.15, 0.2) is 0 Å². The molecule has 1 aromatic heterocycles. The summed E-state index contributed by atoms with van der Waals surface area (Å²) in [6.45, 7) is 2.44. The number of hydrogen-bond acceptors (Lipinski definition) is 3. The second-order valence-corrected chi connectivity index (χ2v) is 4.38. The third kappa shape index (κ3) is 4.71. The summed E-state index contributed by atoms with van der Waals surface area (Å²) < 4.78 is 37.7. The SMILES string of the molecule is CCCCCCNc1nc(C(F)(F)F)ccc1C(=O)O. The molecule has 0 spiro atoms. The minimum absolute atomic E-state index is 0.233. The van der Waals surface area contributed by atoms with E-state index >= 15 is 0 Å². The molecule has 0 aliphatic heterocycles. The minimum Gasteiger partial charge on any atom is -0.478 e. The fourth-order valence-electron chi connectivity index (χ4n) is 1.68. The maximum absolute atomic E-state index is 12.6. The molecule has 1 rings (SSSR count). The smallest absolute Gasteiger partial charge is 0.433 e. The summed E-state index contributed by atoms with van der Waals surface area (Å²) >= 11 is 0. The van der Waals surface area contributed by atoms with Gasteiger partial charge in [-0.1, -0.05) is 26.2 Å². The first-order chi connectivity index (χ1) is 9.36. The topological polar surface area (TPSA) is 62.2 Å². The van der Waals surface area contributed by atoms with Crippen molar-refractivity contribution in [3.05, 3.63) is 23.4 Å². The van der Waals surface area contributed by atoms with Crippen LogP contribution in [0.4, 0.5) is 19.0 Å². The molecule has 0 unspecified atom stereocenters. The molecule has 0 radical (unpaired) electrons. The van der Waals surface area contributed by atoms with E-state index in [0.29, 0.717) is 12.6 Å². The quantitative estimate of drug-likeness (QED) is 0.750. The van der Waals surface area contributed by atoms with Crippen molar-refractivity contribution in [2.24, 2.45) is 0 Å². The van der Waals surface area contributed by atoms with Crippen molar-refractivity contribution in [1.29, 1.82) is 0 Å². The van der Waals surface area contributed by atoms with Crippen LogP contribution in [0.15, 0.2) is 12.1 Å². The van der Waals surface area contributed by atoms with Gasteiger partial charge in [-0.05, 0) is 18.6 Å². The number of unbranched alkanes of at least 4 members (excludes halogenated alkanes) is 3. The Balaban J connectivity index is 2.81. The zero-order chi connectivity index (χ0) is 15.2. The van der Waals surface area contributed by atoms with E-state index < -0.39 is 17.8 Å². The van der Waals surface area contributed by atoms with E-state index in [4.69, 9.17) is 5.11 Å². The molecule has 1 heterocycles. The maximum atomic E-state index is 12.6. The molecule has 112 valence electrons. The Bertz CT molecular complexity index is 461. The lowest BCUT2D eigenvalue weighted by molar-refractivity contribution is -0.141. The van der Waals surface area contributed by atoms with Gasteiger partial charge in [0, 0.05) is 6.54 Å². The van der Waals surface area contributed by atoms with E-state index in [9.17, 15) is 18.0 Å². The molecular formula is C13H17F3N2O2. The molecule has 0 aromatic carbocycles. The predicted molar refractivity (Wildman–Crippen MR) is 68.8 cm³/mol. The minimum atomic E-state index is -4.59. The normalized spacial score (nSPS) is 11.4. The lowest BCUT2D eigenvalue weighted by Crippen LogP contribution is -2.14. The fraction of sp³-hybridized carbons (Fsp3) is 0.538. The largest absolute Gasteiger partial charge is 0.478 e. The first-order valence-electron chi connectivity index (χ1n) is 6.41. The summed E-state index contributed by atoms with van der Waals surface area (Å²) in [5.41, 5.74) is -1.35. The molecule has 4 nitrogen and oxygen atoms in total. The lowest BCUT2D eigenvalue weighted by atomic mass is 10.2. The van der Waals surface area contributed by atoms with Crippen molar-refractivity contribution in [1.82, 2.24) is 4.98 Å². The van der Waals surface area contributed by atoms with Crippen LogP contribution >= 0.6 is 0 Å². The highest BCUT2D eigenvalue weighted by atomic mass is 19.4. The van der Waals surface area contributed by atoms with Crippen molar-refractivity contribution >= 4 is 11.8 Å². The molecule has 0 aliphatic carbocycles. The number of carbonyl (C=O) groups is 1. The third-order valence-corrected chi connectivity index (χ3v) is 2.74. The van der Waals surface area contributed by atoms with Gasteiger partial charge in [0.2, 0.25) is 0 Å². The van der Waals surface area contributed by atoms with Crippen LogP contribution < -0.4 is 5.32 Å². The molecule has 0 aliphatic rings. The summed E-state index contributed by atoms with van der Waals surface area (Å²) in [6.07, 6.45) is -0.822. The number of aromatic carboxylic acids is 1. The van der Waals surface area contributed by atoms with Crippen LogP contribution in [0, 0.1) is 0 Å². The van der Waals surface area contributed by atoms with Crippen LogP contribution in [0.2, 0.25) is 0 Å². The van der Waals surface area contributed by atoms with E-state index in [2.05, 4.69) is 10.3 Å². The number of carboxylic acids is 1. The van der Waals surface area contributed by atoms with Crippen molar-refractivity contribution in [2.45, 2.75) is 38.8 Å². The second-order valence-electron chi connectivity index (χ2n) is 4.38. The number of hydrogen-bond donors (Lipinski definition) is 2. The molecule has 20 heavy (non-hydrogen) atoms. The number of pyridine rings is 1. The van der Waals surface area contributed by atoms with Crippen molar-refractivity contribution in [3.8, 4) is 0 Å². The number of carboxylic acid groups (broad SMARTS) is 1. The zero-order valence-electron chi connectivity index (χ0n) is 11.1. The Morgan fingerprint density at radius 1 is 1.30 bits per heavy atom. The van der Waals surface area contributed by atoms with E-state index in [0.717, 1.165) is 31.7 Å². The number of anilines is 1. The number of alkyl halides is 3. The average molecular weight is 290 g/mol. The molecule has 0 saturated carbocycles. The molecule has 7 heteroatoms. The zero-order valence-corrected chi connectivity index (χ0v) is 11.1. The van der Waals surface area contributed by atoms with Gasteiger partial charge in [0.1, 0.15) is 17.1 Å². The maximum Gasteiger partial charge on any atom is 0.433 e. The molecule has 0 amide bonds. The molecule has 2 N–H and O–H groups in total. The highest BCUT2D eigenvalue weighted by Gasteiger charge is 2.33. The first-order valence-corrected chi connectivity index (χ1v) is 6.41. The standard InChI is InChI=1S/C13H17F3N2O2/c1-2-3-4-5-8-17-11-9(12(19)20)6-7-10(18-11)13(14,15)16/h6-7H,2-5,8H2,1H3,(H,17,18)(H,19,20). The van der Waals surface area contributed by atoms with Crippen LogP contribution in [-0.4, -0.2) is 22.6 Å². The highest BCUT2D eigenvalue weighted by Crippen LogP contribution is 2.29. The second kappa shape index (κ2) is 7.12. The van der Waals surface area contributed by atoms with Gasteiger partial charge in [-0.25, -0.2) is 9.78 Å². The van der Waals surface area contributed by atoms with Crippen LogP contribution in [-0.2, 0) is 6.18 Å². The molecular weight excluding hydrogens is 273 g/mol. The number of aromatic nitrogens is 1. The van der Waals surface area contributed by atoms with Crippen LogP contribution in [0.3, 0.4) is 0 Å². The highest BCUT2D eigenvalue weighted by molar-refractivity contribution is 5.93. The molecule has 0 bridgehead atoms.